The molecule has 0 saturated carbocycles. The van der Waals surface area contributed by atoms with Crippen molar-refractivity contribution in [1.29, 1.82) is 0 Å². The third-order valence-electron chi connectivity index (χ3n) is 4.50. The number of benzene rings is 1. The van der Waals surface area contributed by atoms with Gasteiger partial charge >= 0.3 is 6.18 Å². The molecular weight excluding hydrogens is 349 g/mol. The molecule has 0 radical (unpaired) electrons. The molecule has 1 aromatic heterocycles. The SMILES string of the molecule is Cc1c(C(=O)NCC2CNCC2O)cnn1-c1cccc(C(F)(F)F)c1. The zero-order chi connectivity index (χ0) is 18.9. The summed E-state index contributed by atoms with van der Waals surface area (Å²) in [6, 6.07) is 4.77. The van der Waals surface area contributed by atoms with Crippen molar-refractivity contribution in [3.63, 3.8) is 0 Å². The zero-order valence-electron chi connectivity index (χ0n) is 14.0. The van der Waals surface area contributed by atoms with E-state index < -0.39 is 17.8 Å². The number of β-amino-alcohol motifs (C(OH)–C–C–N with tert-alkyl or cyclic N) is 1. The molecule has 1 aliphatic heterocycles. The van der Waals surface area contributed by atoms with Crippen molar-refractivity contribution in [3.8, 4) is 5.69 Å². The van der Waals surface area contributed by atoms with E-state index in [0.717, 1.165) is 12.1 Å². The number of nitrogens with zero attached hydrogens (tertiary/aromatic N) is 2. The molecule has 0 aliphatic carbocycles. The average molecular weight is 368 g/mol. The topological polar surface area (TPSA) is 79.2 Å². The zero-order valence-corrected chi connectivity index (χ0v) is 14.0. The van der Waals surface area contributed by atoms with Gasteiger partial charge in [-0.3, -0.25) is 4.79 Å². The van der Waals surface area contributed by atoms with E-state index in [9.17, 15) is 23.1 Å². The summed E-state index contributed by atoms with van der Waals surface area (Å²) in [5.74, 6) is -0.447. The minimum atomic E-state index is -4.45. The second-order valence-corrected chi connectivity index (χ2v) is 6.30. The van der Waals surface area contributed by atoms with Crippen molar-refractivity contribution in [2.75, 3.05) is 19.6 Å². The number of aliphatic hydroxyl groups is 1. The van der Waals surface area contributed by atoms with Crippen LogP contribution in [-0.4, -0.2) is 46.5 Å². The molecule has 1 saturated heterocycles. The Bertz CT molecular complexity index is 804. The Labute approximate surface area is 148 Å². The highest BCUT2D eigenvalue weighted by Gasteiger charge is 2.31. The van der Waals surface area contributed by atoms with Gasteiger partial charge in [-0.15, -0.1) is 0 Å². The number of hydrogen-bond donors (Lipinski definition) is 3. The molecule has 1 fully saturated rings. The summed E-state index contributed by atoms with van der Waals surface area (Å²) >= 11 is 0. The third-order valence-corrected chi connectivity index (χ3v) is 4.50. The van der Waals surface area contributed by atoms with E-state index in [-0.39, 0.29) is 23.1 Å². The van der Waals surface area contributed by atoms with Crippen LogP contribution in [-0.2, 0) is 6.18 Å². The van der Waals surface area contributed by atoms with Gasteiger partial charge in [0.2, 0.25) is 0 Å². The molecule has 2 unspecified atom stereocenters. The Balaban J connectivity index is 1.76. The fraction of sp³-hybridized carbons (Fsp3) is 0.412. The first-order chi connectivity index (χ1) is 12.3. The molecule has 3 rings (SSSR count). The Morgan fingerprint density at radius 2 is 2.19 bits per heavy atom. The van der Waals surface area contributed by atoms with Crippen LogP contribution in [0.2, 0.25) is 0 Å². The monoisotopic (exact) mass is 368 g/mol. The number of carbonyl (C=O) groups is 1. The lowest BCUT2D eigenvalue weighted by molar-refractivity contribution is -0.137. The van der Waals surface area contributed by atoms with Crippen LogP contribution in [0.4, 0.5) is 13.2 Å². The molecule has 1 amide bonds. The maximum absolute atomic E-state index is 12.9. The van der Waals surface area contributed by atoms with E-state index in [4.69, 9.17) is 0 Å². The van der Waals surface area contributed by atoms with Gasteiger partial charge in [0.25, 0.3) is 5.91 Å². The summed E-state index contributed by atoms with van der Waals surface area (Å²) in [7, 11) is 0. The maximum atomic E-state index is 12.9. The molecule has 2 atom stereocenters. The summed E-state index contributed by atoms with van der Waals surface area (Å²) in [5, 5.41) is 19.6. The lowest BCUT2D eigenvalue weighted by Gasteiger charge is -2.14. The van der Waals surface area contributed by atoms with E-state index >= 15 is 0 Å². The molecule has 1 aromatic carbocycles. The number of rotatable bonds is 4. The highest BCUT2D eigenvalue weighted by molar-refractivity contribution is 5.95. The summed E-state index contributed by atoms with van der Waals surface area (Å²) in [4.78, 5) is 12.4. The van der Waals surface area contributed by atoms with Crippen molar-refractivity contribution in [2.24, 2.45) is 5.92 Å². The Morgan fingerprint density at radius 1 is 1.42 bits per heavy atom. The van der Waals surface area contributed by atoms with Crippen molar-refractivity contribution in [2.45, 2.75) is 19.2 Å². The molecule has 6 nitrogen and oxygen atoms in total. The predicted molar refractivity (Wildman–Crippen MR) is 88.0 cm³/mol. The van der Waals surface area contributed by atoms with Crippen LogP contribution in [0.25, 0.3) is 5.69 Å². The molecule has 9 heteroatoms. The number of carbonyl (C=O) groups excluding carboxylic acids is 1. The first-order valence-electron chi connectivity index (χ1n) is 8.16. The standard InChI is InChI=1S/C17H19F3N4O2/c1-10-14(16(26)22-7-11-6-21-9-15(11)25)8-23-24(10)13-4-2-3-12(5-13)17(18,19)20/h2-5,8,11,15,21,25H,6-7,9H2,1H3,(H,22,26). The van der Waals surface area contributed by atoms with Gasteiger partial charge in [0.1, 0.15) is 0 Å². The molecule has 0 bridgehead atoms. The molecular formula is C17H19F3N4O2. The van der Waals surface area contributed by atoms with Crippen LogP contribution in [0.3, 0.4) is 0 Å². The van der Waals surface area contributed by atoms with Gasteiger partial charge < -0.3 is 15.7 Å². The fourth-order valence-electron chi connectivity index (χ4n) is 2.95. The molecule has 0 spiro atoms. The minimum Gasteiger partial charge on any atom is -0.391 e. The molecule has 2 heterocycles. The van der Waals surface area contributed by atoms with Crippen LogP contribution in [0.5, 0.6) is 0 Å². The van der Waals surface area contributed by atoms with Crippen molar-refractivity contribution in [3.05, 3.63) is 47.3 Å². The number of halogens is 3. The van der Waals surface area contributed by atoms with Gasteiger partial charge in [-0.05, 0) is 25.1 Å². The fourth-order valence-corrected chi connectivity index (χ4v) is 2.95. The van der Waals surface area contributed by atoms with E-state index in [1.54, 1.807) is 6.92 Å². The highest BCUT2D eigenvalue weighted by Crippen LogP contribution is 2.30. The van der Waals surface area contributed by atoms with Gasteiger partial charge in [0.05, 0.1) is 34.8 Å². The second-order valence-electron chi connectivity index (χ2n) is 6.30. The van der Waals surface area contributed by atoms with Gasteiger partial charge in [-0.25, -0.2) is 4.68 Å². The average Bonchev–Trinajstić information content (AvgIpc) is 3.17. The number of nitrogens with one attached hydrogen (secondary N) is 2. The first kappa shape index (κ1) is 18.4. The van der Waals surface area contributed by atoms with Gasteiger partial charge in [0, 0.05) is 25.6 Å². The maximum Gasteiger partial charge on any atom is 0.416 e. The van der Waals surface area contributed by atoms with E-state index in [1.165, 1.54) is 23.0 Å². The van der Waals surface area contributed by atoms with Crippen LogP contribution >= 0.6 is 0 Å². The van der Waals surface area contributed by atoms with Crippen LogP contribution < -0.4 is 10.6 Å². The quantitative estimate of drug-likeness (QED) is 0.764. The Hall–Kier alpha value is -2.39. The molecule has 1 aliphatic rings. The second kappa shape index (κ2) is 7.08. The van der Waals surface area contributed by atoms with E-state index in [1.807, 2.05) is 0 Å². The van der Waals surface area contributed by atoms with Crippen LogP contribution in [0.1, 0.15) is 21.6 Å². The predicted octanol–water partition coefficient (Wildman–Crippen LogP) is 1.51. The van der Waals surface area contributed by atoms with Gasteiger partial charge in [-0.1, -0.05) is 6.07 Å². The molecule has 2 aromatic rings. The summed E-state index contributed by atoms with van der Waals surface area (Å²) in [5.41, 5.74) is 0.167. The number of alkyl halides is 3. The largest absolute Gasteiger partial charge is 0.416 e. The molecule has 140 valence electrons. The van der Waals surface area contributed by atoms with Gasteiger partial charge in [-0.2, -0.15) is 18.3 Å². The minimum absolute atomic E-state index is 0.0715. The van der Waals surface area contributed by atoms with E-state index in [0.29, 0.717) is 25.3 Å². The first-order valence-corrected chi connectivity index (χ1v) is 8.16. The summed E-state index contributed by atoms with van der Waals surface area (Å²) in [6.45, 7) is 3.03. The molecule has 26 heavy (non-hydrogen) atoms. The van der Waals surface area contributed by atoms with E-state index in [2.05, 4.69) is 15.7 Å². The van der Waals surface area contributed by atoms with Crippen molar-refractivity contribution in [1.82, 2.24) is 20.4 Å². The third kappa shape index (κ3) is 3.73. The van der Waals surface area contributed by atoms with Crippen molar-refractivity contribution < 1.29 is 23.1 Å². The number of hydrogen-bond acceptors (Lipinski definition) is 4. The lowest BCUT2D eigenvalue weighted by atomic mass is 10.1. The van der Waals surface area contributed by atoms with Gasteiger partial charge in [0.15, 0.2) is 0 Å². The number of aliphatic hydroxyl groups excluding tert-OH is 1. The normalized spacial score (nSPS) is 20.3. The lowest BCUT2D eigenvalue weighted by Crippen LogP contribution is -2.34. The Morgan fingerprint density at radius 3 is 2.85 bits per heavy atom. The Kier molecular flexibility index (Phi) is 5.01. The highest BCUT2D eigenvalue weighted by atomic mass is 19.4. The van der Waals surface area contributed by atoms with Crippen LogP contribution in [0.15, 0.2) is 30.5 Å². The molecule has 3 N–H and O–H groups in total. The summed E-state index contributed by atoms with van der Waals surface area (Å²) < 4.78 is 39.9. The smallest absolute Gasteiger partial charge is 0.391 e. The number of aromatic nitrogens is 2. The van der Waals surface area contributed by atoms with Crippen LogP contribution in [0, 0.1) is 12.8 Å². The number of amides is 1. The van der Waals surface area contributed by atoms with Crippen molar-refractivity contribution >= 4 is 5.91 Å². The summed E-state index contributed by atoms with van der Waals surface area (Å²) in [6.07, 6.45) is -3.63.